The summed E-state index contributed by atoms with van der Waals surface area (Å²) in [5, 5.41) is 15.7. The maximum Gasteiger partial charge on any atom is 0.225 e. The predicted octanol–water partition coefficient (Wildman–Crippen LogP) is 3.52. The summed E-state index contributed by atoms with van der Waals surface area (Å²) in [7, 11) is 4.10. The van der Waals surface area contributed by atoms with Crippen LogP contribution in [-0.4, -0.2) is 47.0 Å². The van der Waals surface area contributed by atoms with E-state index < -0.39 is 0 Å². The Kier molecular flexibility index (Phi) is 6.50. The van der Waals surface area contributed by atoms with Gasteiger partial charge in [-0.2, -0.15) is 10.2 Å². The molecular formula is C21H23N7. The van der Waals surface area contributed by atoms with Crippen LogP contribution < -0.4 is 10.6 Å². The van der Waals surface area contributed by atoms with E-state index in [-0.39, 0.29) is 0 Å². The van der Waals surface area contributed by atoms with Crippen LogP contribution in [0, 0.1) is 11.3 Å². The molecule has 0 aliphatic rings. The van der Waals surface area contributed by atoms with Crippen molar-refractivity contribution in [2.75, 3.05) is 37.8 Å². The van der Waals surface area contributed by atoms with Gasteiger partial charge in [-0.25, -0.2) is 4.98 Å². The first-order valence-electron chi connectivity index (χ1n) is 9.09. The van der Waals surface area contributed by atoms with Crippen molar-refractivity contribution < 1.29 is 0 Å². The lowest BCUT2D eigenvalue weighted by Gasteiger charge is -2.13. The summed E-state index contributed by atoms with van der Waals surface area (Å²) >= 11 is 0. The number of nitrogens with zero attached hydrogens (tertiary/aromatic N) is 5. The third kappa shape index (κ3) is 5.50. The topological polar surface area (TPSA) is 89.8 Å². The van der Waals surface area contributed by atoms with E-state index >= 15 is 0 Å². The summed E-state index contributed by atoms with van der Waals surface area (Å²) in [6.07, 6.45) is 4.50. The van der Waals surface area contributed by atoms with Crippen LogP contribution in [0.2, 0.25) is 0 Å². The molecule has 1 aromatic carbocycles. The Morgan fingerprint density at radius 1 is 1.11 bits per heavy atom. The first-order chi connectivity index (χ1) is 13.6. The summed E-state index contributed by atoms with van der Waals surface area (Å²) in [5.41, 5.74) is 3.08. The first-order valence-corrected chi connectivity index (χ1v) is 9.09. The minimum Gasteiger partial charge on any atom is -0.354 e. The number of aromatic nitrogens is 3. The number of nitrogens with one attached hydrogen (secondary N) is 2. The van der Waals surface area contributed by atoms with Crippen molar-refractivity contribution in [2.24, 2.45) is 0 Å². The van der Waals surface area contributed by atoms with Gasteiger partial charge in [-0.05, 0) is 57.4 Å². The van der Waals surface area contributed by atoms with Crippen molar-refractivity contribution in [3.63, 3.8) is 0 Å². The molecule has 28 heavy (non-hydrogen) atoms. The third-order valence-electron chi connectivity index (χ3n) is 4.01. The van der Waals surface area contributed by atoms with Crippen molar-refractivity contribution in [1.82, 2.24) is 19.9 Å². The van der Waals surface area contributed by atoms with Gasteiger partial charge in [0.25, 0.3) is 0 Å². The summed E-state index contributed by atoms with van der Waals surface area (Å²) < 4.78 is 0. The maximum absolute atomic E-state index is 9.10. The van der Waals surface area contributed by atoms with Crippen molar-refractivity contribution >= 4 is 17.5 Å². The summed E-state index contributed by atoms with van der Waals surface area (Å²) in [4.78, 5) is 15.5. The zero-order valence-corrected chi connectivity index (χ0v) is 16.1. The lowest BCUT2D eigenvalue weighted by Crippen LogP contribution is -2.17. The molecule has 0 saturated carbocycles. The maximum atomic E-state index is 9.10. The quantitative estimate of drug-likeness (QED) is 0.584. The van der Waals surface area contributed by atoms with Gasteiger partial charge in [0.2, 0.25) is 5.95 Å². The molecule has 3 aromatic rings. The van der Waals surface area contributed by atoms with Crippen LogP contribution in [-0.2, 0) is 0 Å². The van der Waals surface area contributed by atoms with E-state index in [0.717, 1.165) is 36.5 Å². The van der Waals surface area contributed by atoms with Gasteiger partial charge in [-0.15, -0.1) is 0 Å². The second-order valence-electron chi connectivity index (χ2n) is 6.60. The van der Waals surface area contributed by atoms with Crippen LogP contribution >= 0.6 is 0 Å². The number of rotatable bonds is 8. The second-order valence-corrected chi connectivity index (χ2v) is 6.60. The van der Waals surface area contributed by atoms with Gasteiger partial charge in [0.15, 0.2) is 0 Å². The highest BCUT2D eigenvalue weighted by Crippen LogP contribution is 2.23. The lowest BCUT2D eigenvalue weighted by atomic mass is 10.2. The number of benzene rings is 1. The Morgan fingerprint density at radius 2 is 2.00 bits per heavy atom. The zero-order valence-electron chi connectivity index (χ0n) is 16.1. The van der Waals surface area contributed by atoms with Gasteiger partial charge in [0, 0.05) is 36.3 Å². The summed E-state index contributed by atoms with van der Waals surface area (Å²) in [5.74, 6) is 1.21. The monoisotopic (exact) mass is 373 g/mol. The van der Waals surface area contributed by atoms with E-state index in [1.807, 2.05) is 30.3 Å². The average Bonchev–Trinajstić information content (AvgIpc) is 2.72. The molecule has 7 nitrogen and oxygen atoms in total. The fourth-order valence-corrected chi connectivity index (χ4v) is 2.66. The first kappa shape index (κ1) is 19.3. The molecular weight excluding hydrogens is 350 g/mol. The highest BCUT2D eigenvalue weighted by atomic mass is 15.1. The van der Waals surface area contributed by atoms with Crippen LogP contribution in [0.5, 0.6) is 0 Å². The molecule has 0 bridgehead atoms. The fourth-order valence-electron chi connectivity index (χ4n) is 2.66. The number of anilines is 3. The summed E-state index contributed by atoms with van der Waals surface area (Å²) in [6.45, 7) is 1.76. The van der Waals surface area contributed by atoms with E-state index in [4.69, 9.17) is 5.26 Å². The Morgan fingerprint density at radius 3 is 2.75 bits per heavy atom. The Balaban J connectivity index is 1.85. The molecule has 0 amide bonds. The molecule has 0 aliphatic carbocycles. The normalized spacial score (nSPS) is 10.5. The SMILES string of the molecule is CN(C)CCCNc1nc(Nc2cccc(C#N)c2)cc(-c2cccnc2)n1. The van der Waals surface area contributed by atoms with Gasteiger partial charge >= 0.3 is 0 Å². The molecule has 0 aliphatic heterocycles. The molecule has 0 saturated heterocycles. The Labute approximate surface area is 165 Å². The van der Waals surface area contributed by atoms with Crippen LogP contribution in [0.15, 0.2) is 54.9 Å². The van der Waals surface area contributed by atoms with Crippen molar-refractivity contribution in [2.45, 2.75) is 6.42 Å². The molecule has 2 N–H and O–H groups in total. The average molecular weight is 373 g/mol. The fraction of sp³-hybridized carbons (Fsp3) is 0.238. The highest BCUT2D eigenvalue weighted by Gasteiger charge is 2.08. The van der Waals surface area contributed by atoms with E-state index in [1.165, 1.54) is 0 Å². The molecule has 0 spiro atoms. The van der Waals surface area contributed by atoms with Crippen LogP contribution in [0.4, 0.5) is 17.5 Å². The molecule has 142 valence electrons. The number of nitriles is 1. The molecule has 2 aromatic heterocycles. The Bertz CT molecular complexity index is 948. The predicted molar refractivity (Wildman–Crippen MR) is 111 cm³/mol. The zero-order chi connectivity index (χ0) is 19.8. The largest absolute Gasteiger partial charge is 0.354 e. The Hall–Kier alpha value is -3.50. The molecule has 0 radical (unpaired) electrons. The second kappa shape index (κ2) is 9.44. The number of hydrogen-bond acceptors (Lipinski definition) is 7. The summed E-state index contributed by atoms with van der Waals surface area (Å²) in [6, 6.07) is 15.2. The van der Waals surface area contributed by atoms with E-state index in [2.05, 4.69) is 50.6 Å². The van der Waals surface area contributed by atoms with Gasteiger partial charge in [-0.1, -0.05) is 6.07 Å². The molecule has 3 rings (SSSR count). The number of hydrogen-bond donors (Lipinski definition) is 2. The molecule has 0 atom stereocenters. The molecule has 0 fully saturated rings. The van der Waals surface area contributed by atoms with Crippen LogP contribution in [0.3, 0.4) is 0 Å². The van der Waals surface area contributed by atoms with Gasteiger partial charge in [-0.3, -0.25) is 4.98 Å². The minimum absolute atomic E-state index is 0.555. The van der Waals surface area contributed by atoms with E-state index in [1.54, 1.807) is 24.5 Å². The molecule has 7 heteroatoms. The van der Waals surface area contributed by atoms with Crippen molar-refractivity contribution in [3.8, 4) is 17.3 Å². The van der Waals surface area contributed by atoms with Gasteiger partial charge < -0.3 is 15.5 Å². The lowest BCUT2D eigenvalue weighted by molar-refractivity contribution is 0.405. The van der Waals surface area contributed by atoms with E-state index in [9.17, 15) is 0 Å². The molecule has 0 unspecified atom stereocenters. The standard InChI is InChI=1S/C21H23N7/c1-28(2)11-5-10-24-21-26-19(17-7-4-9-23-15-17)13-20(27-21)25-18-8-3-6-16(12-18)14-22/h3-4,6-9,12-13,15H,5,10-11H2,1-2H3,(H2,24,25,26,27). The third-order valence-corrected chi connectivity index (χ3v) is 4.01. The van der Waals surface area contributed by atoms with Crippen molar-refractivity contribution in [1.29, 1.82) is 5.26 Å². The molecule has 2 heterocycles. The number of pyridine rings is 1. The minimum atomic E-state index is 0.555. The smallest absolute Gasteiger partial charge is 0.225 e. The van der Waals surface area contributed by atoms with Gasteiger partial charge in [0.1, 0.15) is 5.82 Å². The van der Waals surface area contributed by atoms with Crippen molar-refractivity contribution in [3.05, 3.63) is 60.4 Å². The van der Waals surface area contributed by atoms with Crippen LogP contribution in [0.25, 0.3) is 11.3 Å². The van der Waals surface area contributed by atoms with Gasteiger partial charge in [0.05, 0.1) is 17.3 Å². The van der Waals surface area contributed by atoms with Crippen LogP contribution in [0.1, 0.15) is 12.0 Å². The highest BCUT2D eigenvalue weighted by molar-refractivity contribution is 5.67. The van der Waals surface area contributed by atoms with E-state index in [0.29, 0.717) is 17.3 Å².